The van der Waals surface area contributed by atoms with Gasteiger partial charge in [0.1, 0.15) is 5.58 Å². The molecular formula is C42H42IrN2O-2. The summed E-state index contributed by atoms with van der Waals surface area (Å²) in [5, 5.41) is 4.36. The summed E-state index contributed by atoms with van der Waals surface area (Å²) in [5.41, 5.74) is 5.79. The van der Waals surface area contributed by atoms with Gasteiger partial charge in [0.05, 0.1) is 5.58 Å². The minimum Gasteiger partial charge on any atom is -0.500 e. The molecule has 1 radical (unpaired) electrons. The third kappa shape index (κ3) is 7.41. The van der Waals surface area contributed by atoms with Gasteiger partial charge >= 0.3 is 0 Å². The summed E-state index contributed by atoms with van der Waals surface area (Å²) >= 11 is 0. The summed E-state index contributed by atoms with van der Waals surface area (Å²) in [5.74, 6) is 0. The Morgan fingerprint density at radius 1 is 0.804 bits per heavy atom. The Hall–Kier alpha value is -3.85. The molecule has 237 valence electrons. The molecule has 0 aliphatic heterocycles. The van der Waals surface area contributed by atoms with Gasteiger partial charge in [0.15, 0.2) is 0 Å². The molecule has 3 heterocycles. The molecule has 0 fully saturated rings. The van der Waals surface area contributed by atoms with Crippen LogP contribution in [0, 0.1) is 36.7 Å². The first-order valence-corrected chi connectivity index (χ1v) is 15.2. The fraction of sp³-hybridized carbons (Fsp3) is 0.286. The topological polar surface area (TPSA) is 38.9 Å². The van der Waals surface area contributed by atoms with Gasteiger partial charge in [-0.2, -0.15) is 0 Å². The quantitative estimate of drug-likeness (QED) is 0.132. The van der Waals surface area contributed by atoms with Crippen molar-refractivity contribution in [3.8, 4) is 22.5 Å². The zero-order chi connectivity index (χ0) is 38.0. The van der Waals surface area contributed by atoms with Crippen LogP contribution in [0.2, 0.25) is 0 Å². The van der Waals surface area contributed by atoms with Gasteiger partial charge in [-0.05, 0) is 70.4 Å². The van der Waals surface area contributed by atoms with E-state index in [1.54, 1.807) is 30.6 Å². The second-order valence-corrected chi connectivity index (χ2v) is 13.5. The minimum absolute atomic E-state index is 0. The van der Waals surface area contributed by atoms with Crippen molar-refractivity contribution in [1.82, 2.24) is 9.97 Å². The van der Waals surface area contributed by atoms with Gasteiger partial charge in [0, 0.05) is 47.5 Å². The van der Waals surface area contributed by atoms with Crippen LogP contribution >= 0.6 is 0 Å². The third-order valence-corrected chi connectivity index (χ3v) is 7.34. The first-order valence-electron chi connectivity index (χ1n) is 18.7. The molecule has 7 aromatic rings. The summed E-state index contributed by atoms with van der Waals surface area (Å²) in [6, 6.07) is 28.5. The van der Waals surface area contributed by atoms with Crippen molar-refractivity contribution in [2.45, 2.75) is 68.1 Å². The molecule has 0 atom stereocenters. The molecule has 0 N–H and O–H groups in total. The Balaban J connectivity index is 0.000000203. The van der Waals surface area contributed by atoms with Crippen LogP contribution < -0.4 is 0 Å². The van der Waals surface area contributed by atoms with Crippen LogP contribution in [0.5, 0.6) is 0 Å². The molecule has 0 aliphatic carbocycles. The number of aryl methyl sites for hydroxylation is 2. The summed E-state index contributed by atoms with van der Waals surface area (Å²) in [4.78, 5) is 8.91. The molecule has 4 aromatic carbocycles. The maximum absolute atomic E-state index is 8.60. The van der Waals surface area contributed by atoms with E-state index in [2.05, 4.69) is 40.3 Å². The van der Waals surface area contributed by atoms with Crippen molar-refractivity contribution in [2.24, 2.45) is 10.8 Å². The molecule has 3 nitrogen and oxygen atoms in total. The molecule has 0 unspecified atom stereocenters. The SMILES string of the molecule is [2H]C([2H])([2H])c1c[c-]c(-c2cc(C)c(C([2H])([2H])C(C)(C)C)cn2)cc1.[2H]C([2H])(c1ccnc(-c2[c-]cc3oc4cccc5ccc2c3c54)c1)C(C)(C)C.[Ir]. The molecule has 4 heteroatoms. The molecule has 0 spiro atoms. The average molecular weight is 790 g/mol. The van der Waals surface area contributed by atoms with Gasteiger partial charge in [-0.3, -0.25) is 0 Å². The number of hydrogen-bond donors (Lipinski definition) is 0. The molecular weight excluding hydrogens is 741 g/mol. The number of hydrogen-bond acceptors (Lipinski definition) is 3. The predicted molar refractivity (Wildman–Crippen MR) is 189 cm³/mol. The monoisotopic (exact) mass is 790 g/mol. The molecule has 0 amide bonds. The molecule has 0 saturated heterocycles. The van der Waals surface area contributed by atoms with E-state index in [1.165, 1.54) is 6.07 Å². The third-order valence-electron chi connectivity index (χ3n) is 7.34. The van der Waals surface area contributed by atoms with E-state index < -0.39 is 30.4 Å². The fourth-order valence-electron chi connectivity index (χ4n) is 5.49. The van der Waals surface area contributed by atoms with Gasteiger partial charge in [0.2, 0.25) is 0 Å². The summed E-state index contributed by atoms with van der Waals surface area (Å²) in [6.45, 7) is 11.0. The Bertz CT molecular complexity index is 2390. The van der Waals surface area contributed by atoms with Crippen LogP contribution in [-0.4, -0.2) is 9.97 Å². The molecule has 0 saturated carbocycles. The molecule has 0 bridgehead atoms. The minimum atomic E-state index is -2.15. The van der Waals surface area contributed by atoms with E-state index in [1.807, 2.05) is 78.8 Å². The number of furan rings is 1. The van der Waals surface area contributed by atoms with Crippen molar-refractivity contribution in [2.75, 3.05) is 0 Å². The zero-order valence-electron chi connectivity index (χ0n) is 34.2. The van der Waals surface area contributed by atoms with Crippen molar-refractivity contribution < 1.29 is 34.1 Å². The van der Waals surface area contributed by atoms with Crippen LogP contribution in [0.1, 0.15) is 73.4 Å². The molecule has 0 aliphatic rings. The maximum atomic E-state index is 8.60. The van der Waals surface area contributed by atoms with E-state index in [-0.39, 0.29) is 25.7 Å². The summed E-state index contributed by atoms with van der Waals surface area (Å²) in [6.07, 6.45) is 0.278. The summed E-state index contributed by atoms with van der Waals surface area (Å²) in [7, 11) is 0. The van der Waals surface area contributed by atoms with Crippen LogP contribution in [0.3, 0.4) is 0 Å². The fourth-order valence-corrected chi connectivity index (χ4v) is 5.49. The van der Waals surface area contributed by atoms with Crippen LogP contribution in [0.25, 0.3) is 55.2 Å². The van der Waals surface area contributed by atoms with Crippen molar-refractivity contribution in [3.05, 3.63) is 120 Å². The van der Waals surface area contributed by atoms with Gasteiger partial charge in [-0.15, -0.1) is 53.1 Å². The van der Waals surface area contributed by atoms with Gasteiger partial charge in [-0.25, -0.2) is 0 Å². The van der Waals surface area contributed by atoms with E-state index in [0.717, 1.165) is 49.5 Å². The standard InChI is InChI=1S/C24H20NO.C18H22N.Ir/c1-24(2,3)14-15-11-12-25-19(13-15)17-9-10-21-23-18(17)8-7-16-5-4-6-20(26-21)22(16)23;1-13-6-8-15(9-7-13)17-10-14(2)16(12-19-17)11-18(3,4)5;/h4-8,10-13H,14H2,1-3H3;6-8,10,12H,11H2,1-5H3;/q2*-1;/i14D2;1D3,11D2;. The summed E-state index contributed by atoms with van der Waals surface area (Å²) < 4.78 is 62.2. The Morgan fingerprint density at radius 3 is 2.30 bits per heavy atom. The number of pyridine rings is 2. The number of benzene rings is 4. The van der Waals surface area contributed by atoms with Crippen molar-refractivity contribution in [1.29, 1.82) is 0 Å². The Kier molecular flexibility index (Phi) is 7.20. The number of rotatable bonds is 4. The average Bonchev–Trinajstić information content (AvgIpc) is 3.46. The van der Waals surface area contributed by atoms with Crippen molar-refractivity contribution >= 4 is 32.7 Å². The van der Waals surface area contributed by atoms with Gasteiger partial charge in [-0.1, -0.05) is 101 Å². The molecule has 46 heavy (non-hydrogen) atoms. The van der Waals surface area contributed by atoms with Crippen LogP contribution in [0.15, 0.2) is 89.6 Å². The number of aromatic nitrogens is 2. The Morgan fingerprint density at radius 2 is 1.61 bits per heavy atom. The van der Waals surface area contributed by atoms with Crippen LogP contribution in [-0.2, 0) is 32.9 Å². The van der Waals surface area contributed by atoms with Crippen LogP contribution in [0.4, 0.5) is 0 Å². The number of nitrogens with zero attached hydrogens (tertiary/aromatic N) is 2. The Labute approximate surface area is 297 Å². The second-order valence-electron chi connectivity index (χ2n) is 13.5. The first kappa shape index (κ1) is 25.3. The molecule has 7 rings (SSSR count). The second kappa shape index (κ2) is 13.1. The smallest absolute Gasteiger partial charge is 0.121 e. The van der Waals surface area contributed by atoms with E-state index in [9.17, 15) is 0 Å². The van der Waals surface area contributed by atoms with Gasteiger partial charge < -0.3 is 14.4 Å². The predicted octanol–water partition coefficient (Wildman–Crippen LogP) is 11.4. The first-order chi connectivity index (χ1) is 24.1. The normalized spacial score (nSPS) is 15.1. The van der Waals surface area contributed by atoms with Gasteiger partial charge in [0.25, 0.3) is 0 Å². The van der Waals surface area contributed by atoms with Crippen molar-refractivity contribution in [3.63, 3.8) is 0 Å². The molecule has 3 aromatic heterocycles. The maximum Gasteiger partial charge on any atom is 0.121 e. The largest absolute Gasteiger partial charge is 0.500 e. The zero-order valence-corrected chi connectivity index (χ0v) is 29.6. The van der Waals surface area contributed by atoms with E-state index >= 15 is 0 Å². The van der Waals surface area contributed by atoms with E-state index in [4.69, 9.17) is 14.0 Å². The van der Waals surface area contributed by atoms with E-state index in [0.29, 0.717) is 22.4 Å².